The molecule has 2 heterocycles. The van der Waals surface area contributed by atoms with Crippen LogP contribution in [0, 0.1) is 0 Å². The van der Waals surface area contributed by atoms with E-state index in [4.69, 9.17) is 9.47 Å². The minimum Gasteiger partial charge on any atom is -0.484 e. The molecule has 0 saturated carbocycles. The maximum absolute atomic E-state index is 12.5. The fourth-order valence-corrected chi connectivity index (χ4v) is 4.49. The first kappa shape index (κ1) is 26.1. The second kappa shape index (κ2) is 13.4. The van der Waals surface area contributed by atoms with Crippen molar-refractivity contribution in [3.8, 4) is 5.75 Å². The zero-order valence-corrected chi connectivity index (χ0v) is 20.7. The lowest BCUT2D eigenvalue weighted by atomic mass is 10.00. The van der Waals surface area contributed by atoms with Gasteiger partial charge in [-0.15, -0.1) is 0 Å². The van der Waals surface area contributed by atoms with Crippen LogP contribution in [0.15, 0.2) is 48.5 Å². The molecule has 1 unspecified atom stereocenters. The number of fused-ring (bicyclic) bond motifs is 1. The summed E-state index contributed by atoms with van der Waals surface area (Å²) in [5.74, 6) is -0.0569. The number of amides is 2. The van der Waals surface area contributed by atoms with Gasteiger partial charge in [-0.2, -0.15) is 0 Å². The van der Waals surface area contributed by atoms with Crippen LogP contribution in [0.4, 0.5) is 0 Å². The van der Waals surface area contributed by atoms with E-state index in [1.54, 1.807) is 24.3 Å². The molecule has 194 valence electrons. The van der Waals surface area contributed by atoms with Crippen LogP contribution in [-0.2, 0) is 22.5 Å². The van der Waals surface area contributed by atoms with E-state index in [0.29, 0.717) is 24.4 Å². The Balaban J connectivity index is 1.13. The molecule has 2 amide bonds. The van der Waals surface area contributed by atoms with Crippen molar-refractivity contribution in [3.05, 3.63) is 65.2 Å². The lowest BCUT2D eigenvalue weighted by molar-refractivity contribution is -0.123. The summed E-state index contributed by atoms with van der Waals surface area (Å²) in [4.78, 5) is 29.2. The molecule has 1 atom stereocenters. The highest BCUT2D eigenvalue weighted by Gasteiger charge is 2.19. The summed E-state index contributed by atoms with van der Waals surface area (Å²) in [5.41, 5.74) is 3.14. The van der Waals surface area contributed by atoms with Crippen LogP contribution in [0.1, 0.15) is 21.5 Å². The van der Waals surface area contributed by atoms with Gasteiger partial charge in [0.25, 0.3) is 11.8 Å². The number of hydrogen-bond donors (Lipinski definition) is 3. The van der Waals surface area contributed by atoms with Gasteiger partial charge in [-0.3, -0.25) is 19.4 Å². The minimum absolute atomic E-state index is 0.159. The molecule has 0 aliphatic carbocycles. The van der Waals surface area contributed by atoms with E-state index in [9.17, 15) is 14.7 Å². The van der Waals surface area contributed by atoms with Crippen LogP contribution in [-0.4, -0.2) is 98.5 Å². The first-order valence-corrected chi connectivity index (χ1v) is 12.6. The van der Waals surface area contributed by atoms with Crippen LogP contribution in [0.2, 0.25) is 0 Å². The molecule has 4 rings (SSSR count). The monoisotopic (exact) mass is 496 g/mol. The van der Waals surface area contributed by atoms with Crippen molar-refractivity contribution in [3.63, 3.8) is 0 Å². The number of carbonyl (C=O) groups is 2. The molecule has 0 spiro atoms. The normalized spacial score (nSPS) is 17.1. The quantitative estimate of drug-likeness (QED) is 0.420. The smallest absolute Gasteiger partial charge is 0.258 e. The molecule has 2 aromatic rings. The number of carbonyl (C=O) groups excluding carboxylic acids is 2. The van der Waals surface area contributed by atoms with Crippen molar-refractivity contribution in [1.82, 2.24) is 20.4 Å². The number of rotatable bonds is 11. The fraction of sp³-hybridized carbons (Fsp3) is 0.481. The van der Waals surface area contributed by atoms with E-state index in [-0.39, 0.29) is 25.0 Å². The Bertz CT molecular complexity index is 1010. The van der Waals surface area contributed by atoms with Gasteiger partial charge in [-0.05, 0) is 35.7 Å². The van der Waals surface area contributed by atoms with Crippen molar-refractivity contribution in [2.45, 2.75) is 19.1 Å². The van der Waals surface area contributed by atoms with Crippen molar-refractivity contribution < 1.29 is 24.2 Å². The van der Waals surface area contributed by atoms with Gasteiger partial charge >= 0.3 is 0 Å². The van der Waals surface area contributed by atoms with Gasteiger partial charge in [-0.25, -0.2) is 0 Å². The number of ether oxygens (including phenoxy) is 2. The summed E-state index contributed by atoms with van der Waals surface area (Å²) < 4.78 is 10.9. The molecule has 9 heteroatoms. The molecular formula is C27H36N4O5. The van der Waals surface area contributed by atoms with Gasteiger partial charge in [0.15, 0.2) is 6.61 Å². The van der Waals surface area contributed by atoms with E-state index < -0.39 is 6.10 Å². The molecule has 2 aromatic carbocycles. The summed E-state index contributed by atoms with van der Waals surface area (Å²) in [6.45, 7) is 6.72. The van der Waals surface area contributed by atoms with Gasteiger partial charge in [0.2, 0.25) is 0 Å². The fourth-order valence-electron chi connectivity index (χ4n) is 4.49. The molecule has 0 aromatic heterocycles. The maximum atomic E-state index is 12.5. The average Bonchev–Trinajstić information content (AvgIpc) is 2.91. The summed E-state index contributed by atoms with van der Waals surface area (Å²) in [6, 6.07) is 15.1. The molecule has 2 aliphatic rings. The number of hydrogen-bond acceptors (Lipinski definition) is 7. The Kier molecular flexibility index (Phi) is 9.68. The van der Waals surface area contributed by atoms with Crippen LogP contribution in [0.5, 0.6) is 5.75 Å². The average molecular weight is 497 g/mol. The molecule has 36 heavy (non-hydrogen) atoms. The molecule has 1 fully saturated rings. The second-order valence-corrected chi connectivity index (χ2v) is 9.24. The SMILES string of the molecule is O=C(COc1cccc(C(=O)NCCN2CCOCC2)c1)NCC(O)CN1CCc2ccccc2C1. The highest BCUT2D eigenvalue weighted by atomic mass is 16.5. The van der Waals surface area contributed by atoms with Crippen LogP contribution in [0.3, 0.4) is 0 Å². The first-order chi connectivity index (χ1) is 17.6. The standard InChI is InChI=1S/C27H36N4O5/c32-24(19-31-10-8-21-4-1-2-5-23(21)18-31)17-29-26(33)20-36-25-7-3-6-22(16-25)27(34)28-9-11-30-12-14-35-15-13-30/h1-7,16,24,32H,8-15,17-20H2,(H,28,34)(H,29,33). The highest BCUT2D eigenvalue weighted by Crippen LogP contribution is 2.18. The summed E-state index contributed by atoms with van der Waals surface area (Å²) >= 11 is 0. The Morgan fingerprint density at radius 1 is 1.00 bits per heavy atom. The molecule has 1 saturated heterocycles. The van der Waals surface area contributed by atoms with E-state index in [1.807, 2.05) is 6.07 Å². The molecular weight excluding hydrogens is 460 g/mol. The predicted molar refractivity (Wildman–Crippen MR) is 136 cm³/mol. The number of β-amino-alcohol motifs (C(OH)–C–C–N with tert-alkyl or cyclic N) is 1. The number of morpholine rings is 1. The third-order valence-electron chi connectivity index (χ3n) is 6.50. The molecule has 2 aliphatic heterocycles. The summed E-state index contributed by atoms with van der Waals surface area (Å²) in [5, 5.41) is 16.0. The number of nitrogens with zero attached hydrogens (tertiary/aromatic N) is 2. The van der Waals surface area contributed by atoms with Crippen LogP contribution in [0.25, 0.3) is 0 Å². The Labute approximate surface area is 212 Å². The van der Waals surface area contributed by atoms with Crippen molar-refractivity contribution in [2.24, 2.45) is 0 Å². The zero-order chi connectivity index (χ0) is 25.2. The van der Waals surface area contributed by atoms with E-state index in [1.165, 1.54) is 11.1 Å². The zero-order valence-electron chi connectivity index (χ0n) is 20.7. The topological polar surface area (TPSA) is 103 Å². The van der Waals surface area contributed by atoms with E-state index in [0.717, 1.165) is 52.4 Å². The Hall–Kier alpha value is -2.98. The second-order valence-electron chi connectivity index (χ2n) is 9.24. The summed E-state index contributed by atoms with van der Waals surface area (Å²) in [6.07, 6.45) is 0.303. The van der Waals surface area contributed by atoms with Gasteiger partial charge in [0.1, 0.15) is 5.75 Å². The molecule has 3 N–H and O–H groups in total. The number of aliphatic hydroxyl groups is 1. The Morgan fingerprint density at radius 2 is 1.81 bits per heavy atom. The molecule has 9 nitrogen and oxygen atoms in total. The Morgan fingerprint density at radius 3 is 2.64 bits per heavy atom. The van der Waals surface area contributed by atoms with Gasteiger partial charge in [0.05, 0.1) is 19.3 Å². The first-order valence-electron chi connectivity index (χ1n) is 12.6. The number of nitrogens with one attached hydrogen (secondary N) is 2. The third-order valence-corrected chi connectivity index (χ3v) is 6.50. The van der Waals surface area contributed by atoms with E-state index >= 15 is 0 Å². The summed E-state index contributed by atoms with van der Waals surface area (Å²) in [7, 11) is 0. The lowest BCUT2D eigenvalue weighted by Crippen LogP contribution is -2.42. The van der Waals surface area contributed by atoms with Crippen molar-refractivity contribution in [2.75, 3.05) is 65.6 Å². The van der Waals surface area contributed by atoms with Crippen LogP contribution < -0.4 is 15.4 Å². The van der Waals surface area contributed by atoms with Crippen molar-refractivity contribution >= 4 is 11.8 Å². The lowest BCUT2D eigenvalue weighted by Gasteiger charge is -2.30. The highest BCUT2D eigenvalue weighted by molar-refractivity contribution is 5.94. The van der Waals surface area contributed by atoms with E-state index in [2.05, 4.69) is 38.6 Å². The largest absolute Gasteiger partial charge is 0.484 e. The van der Waals surface area contributed by atoms with Crippen LogP contribution >= 0.6 is 0 Å². The van der Waals surface area contributed by atoms with Gasteiger partial charge < -0.3 is 25.2 Å². The predicted octanol–water partition coefficient (Wildman–Crippen LogP) is 0.663. The van der Waals surface area contributed by atoms with Gasteiger partial charge in [-0.1, -0.05) is 30.3 Å². The number of benzene rings is 2. The molecule has 0 bridgehead atoms. The third kappa shape index (κ3) is 8.03. The number of aliphatic hydroxyl groups excluding tert-OH is 1. The maximum Gasteiger partial charge on any atom is 0.258 e. The minimum atomic E-state index is -0.663. The van der Waals surface area contributed by atoms with Gasteiger partial charge in [0, 0.05) is 57.9 Å². The van der Waals surface area contributed by atoms with Crippen molar-refractivity contribution in [1.29, 1.82) is 0 Å². The molecule has 0 radical (unpaired) electrons.